The van der Waals surface area contributed by atoms with E-state index in [2.05, 4.69) is 5.32 Å². The molecule has 1 aliphatic heterocycles. The topological polar surface area (TPSA) is 71.0 Å². The normalized spacial score (nSPS) is 15.8. The molecular formula is C16H25NO4. The van der Waals surface area contributed by atoms with Crippen molar-refractivity contribution in [3.63, 3.8) is 0 Å². The second-order valence-electron chi connectivity index (χ2n) is 5.45. The number of benzene rings is 1. The van der Waals surface area contributed by atoms with Gasteiger partial charge in [0.05, 0.1) is 12.7 Å². The summed E-state index contributed by atoms with van der Waals surface area (Å²) >= 11 is 0. The zero-order chi connectivity index (χ0) is 15.3. The van der Waals surface area contributed by atoms with Gasteiger partial charge in [-0.2, -0.15) is 0 Å². The number of hydrogen-bond acceptors (Lipinski definition) is 5. The van der Waals surface area contributed by atoms with Crippen LogP contribution >= 0.6 is 0 Å². The van der Waals surface area contributed by atoms with Crippen molar-refractivity contribution < 1.29 is 19.7 Å². The predicted molar refractivity (Wildman–Crippen MR) is 80.8 cm³/mol. The van der Waals surface area contributed by atoms with Crippen LogP contribution < -0.4 is 14.8 Å². The Kier molecular flexibility index (Phi) is 5.45. The molecule has 0 bridgehead atoms. The lowest BCUT2D eigenvalue weighted by Crippen LogP contribution is -2.49. The van der Waals surface area contributed by atoms with Gasteiger partial charge in [0.15, 0.2) is 11.5 Å². The Balaban J connectivity index is 2.01. The Morgan fingerprint density at radius 2 is 1.86 bits per heavy atom. The van der Waals surface area contributed by atoms with Crippen molar-refractivity contribution in [3.05, 3.63) is 23.8 Å². The van der Waals surface area contributed by atoms with E-state index in [1.807, 2.05) is 32.0 Å². The van der Waals surface area contributed by atoms with E-state index >= 15 is 0 Å². The van der Waals surface area contributed by atoms with E-state index in [4.69, 9.17) is 9.47 Å². The molecule has 118 valence electrons. The van der Waals surface area contributed by atoms with Crippen LogP contribution in [-0.4, -0.2) is 42.1 Å². The van der Waals surface area contributed by atoms with Crippen molar-refractivity contribution in [2.24, 2.45) is 0 Å². The third kappa shape index (κ3) is 3.67. The molecule has 5 nitrogen and oxygen atoms in total. The highest BCUT2D eigenvalue weighted by atomic mass is 16.6. The van der Waals surface area contributed by atoms with E-state index in [9.17, 15) is 10.2 Å². The van der Waals surface area contributed by atoms with Gasteiger partial charge in [-0.25, -0.2) is 0 Å². The number of β-amino-alcohol motifs (C(OH)–C–C–N with tert-alkyl or cyclic N) is 1. The van der Waals surface area contributed by atoms with Crippen LogP contribution in [0.5, 0.6) is 11.5 Å². The summed E-state index contributed by atoms with van der Waals surface area (Å²) < 4.78 is 11.0. The molecule has 1 unspecified atom stereocenters. The average Bonchev–Trinajstić information content (AvgIpc) is 2.56. The molecule has 0 radical (unpaired) electrons. The van der Waals surface area contributed by atoms with E-state index in [1.165, 1.54) is 0 Å². The van der Waals surface area contributed by atoms with Crippen LogP contribution in [0.15, 0.2) is 18.2 Å². The summed E-state index contributed by atoms with van der Waals surface area (Å²) in [6.45, 7) is 5.61. The van der Waals surface area contributed by atoms with Crippen LogP contribution in [0.25, 0.3) is 0 Å². The number of fused-ring (bicyclic) bond motifs is 1. The first-order chi connectivity index (χ1) is 10.1. The van der Waals surface area contributed by atoms with Gasteiger partial charge in [0, 0.05) is 12.1 Å². The molecule has 1 atom stereocenters. The summed E-state index contributed by atoms with van der Waals surface area (Å²) in [5.41, 5.74) is 0.459. The van der Waals surface area contributed by atoms with Crippen molar-refractivity contribution in [1.82, 2.24) is 5.32 Å². The van der Waals surface area contributed by atoms with Crippen LogP contribution in [0, 0.1) is 0 Å². The van der Waals surface area contributed by atoms with E-state index < -0.39 is 6.10 Å². The molecule has 0 fully saturated rings. The maximum absolute atomic E-state index is 10.3. The van der Waals surface area contributed by atoms with Gasteiger partial charge in [-0.3, -0.25) is 0 Å². The Bertz CT molecular complexity index is 451. The van der Waals surface area contributed by atoms with E-state index in [-0.39, 0.29) is 12.1 Å². The molecule has 2 rings (SSSR count). The molecule has 3 N–H and O–H groups in total. The fourth-order valence-electron chi connectivity index (χ4n) is 2.48. The van der Waals surface area contributed by atoms with Crippen molar-refractivity contribution in [3.8, 4) is 11.5 Å². The van der Waals surface area contributed by atoms with Gasteiger partial charge in [-0.05, 0) is 30.5 Å². The van der Waals surface area contributed by atoms with E-state index in [0.29, 0.717) is 25.5 Å². The molecule has 0 spiro atoms. The van der Waals surface area contributed by atoms with E-state index in [1.54, 1.807) is 0 Å². The summed E-state index contributed by atoms with van der Waals surface area (Å²) in [5.74, 6) is 1.40. The lowest BCUT2D eigenvalue weighted by atomic mass is 9.93. The minimum absolute atomic E-state index is 0.0634. The number of hydrogen-bond donors (Lipinski definition) is 3. The minimum atomic E-state index is -0.648. The molecule has 1 aliphatic rings. The second kappa shape index (κ2) is 7.11. The molecule has 0 aromatic heterocycles. The molecule has 0 saturated carbocycles. The first-order valence-corrected chi connectivity index (χ1v) is 7.57. The van der Waals surface area contributed by atoms with Crippen LogP contribution in [0.3, 0.4) is 0 Å². The molecular weight excluding hydrogens is 270 g/mol. The minimum Gasteiger partial charge on any atom is -0.486 e. The summed E-state index contributed by atoms with van der Waals surface area (Å²) in [6, 6.07) is 5.49. The summed E-state index contributed by atoms with van der Waals surface area (Å²) in [4.78, 5) is 0. The Morgan fingerprint density at radius 1 is 1.19 bits per heavy atom. The second-order valence-corrected chi connectivity index (χ2v) is 5.45. The maximum Gasteiger partial charge on any atom is 0.161 e. The van der Waals surface area contributed by atoms with E-state index in [0.717, 1.165) is 24.2 Å². The van der Waals surface area contributed by atoms with Gasteiger partial charge < -0.3 is 25.0 Å². The smallest absolute Gasteiger partial charge is 0.161 e. The SMILES string of the molecule is CCC(CC)(CO)NCC(O)c1ccc2c(c1)OCCO2. The fraction of sp³-hybridized carbons (Fsp3) is 0.625. The average molecular weight is 295 g/mol. The lowest BCUT2D eigenvalue weighted by Gasteiger charge is -2.32. The van der Waals surface area contributed by atoms with Crippen molar-refractivity contribution in [1.29, 1.82) is 0 Å². The monoisotopic (exact) mass is 295 g/mol. The molecule has 1 heterocycles. The molecule has 0 aliphatic carbocycles. The summed E-state index contributed by atoms with van der Waals surface area (Å²) in [5, 5.41) is 23.2. The van der Waals surface area contributed by atoms with Gasteiger partial charge in [0.1, 0.15) is 13.2 Å². The lowest BCUT2D eigenvalue weighted by molar-refractivity contribution is 0.114. The van der Waals surface area contributed by atoms with Gasteiger partial charge in [0.25, 0.3) is 0 Å². The highest BCUT2D eigenvalue weighted by molar-refractivity contribution is 5.44. The third-order valence-electron chi connectivity index (χ3n) is 4.28. The molecule has 1 aromatic carbocycles. The first-order valence-electron chi connectivity index (χ1n) is 7.57. The number of aliphatic hydroxyl groups is 2. The van der Waals surface area contributed by atoms with Crippen LogP contribution in [-0.2, 0) is 0 Å². The Morgan fingerprint density at radius 3 is 2.48 bits per heavy atom. The fourth-order valence-corrected chi connectivity index (χ4v) is 2.48. The van der Waals surface area contributed by atoms with Crippen LogP contribution in [0.2, 0.25) is 0 Å². The zero-order valence-corrected chi connectivity index (χ0v) is 12.8. The number of nitrogens with one attached hydrogen (secondary N) is 1. The number of aliphatic hydroxyl groups excluding tert-OH is 2. The standard InChI is InChI=1S/C16H25NO4/c1-3-16(4-2,11-18)17-10-13(19)12-5-6-14-15(9-12)21-8-7-20-14/h5-6,9,13,17-19H,3-4,7-8,10-11H2,1-2H3. The maximum atomic E-state index is 10.3. The Labute approximate surface area is 125 Å². The summed E-state index contributed by atoms with van der Waals surface area (Å²) in [7, 11) is 0. The molecule has 0 saturated heterocycles. The van der Waals surface area contributed by atoms with Gasteiger partial charge in [-0.1, -0.05) is 19.9 Å². The molecule has 0 amide bonds. The molecule has 21 heavy (non-hydrogen) atoms. The van der Waals surface area contributed by atoms with Crippen molar-refractivity contribution >= 4 is 0 Å². The zero-order valence-electron chi connectivity index (χ0n) is 12.8. The van der Waals surface area contributed by atoms with Crippen molar-refractivity contribution in [2.75, 3.05) is 26.4 Å². The van der Waals surface area contributed by atoms with Gasteiger partial charge >= 0.3 is 0 Å². The first kappa shape index (κ1) is 16.1. The van der Waals surface area contributed by atoms with Gasteiger partial charge in [0.2, 0.25) is 0 Å². The van der Waals surface area contributed by atoms with Crippen LogP contribution in [0.4, 0.5) is 0 Å². The predicted octanol–water partition coefficient (Wildman–Crippen LogP) is 1.63. The highest BCUT2D eigenvalue weighted by Gasteiger charge is 2.25. The Hall–Kier alpha value is -1.30. The largest absolute Gasteiger partial charge is 0.486 e. The van der Waals surface area contributed by atoms with Crippen LogP contribution in [0.1, 0.15) is 38.4 Å². The molecule has 1 aromatic rings. The molecule has 5 heteroatoms. The van der Waals surface area contributed by atoms with Crippen molar-refractivity contribution in [2.45, 2.75) is 38.3 Å². The quantitative estimate of drug-likeness (QED) is 0.713. The highest BCUT2D eigenvalue weighted by Crippen LogP contribution is 2.32. The third-order valence-corrected chi connectivity index (χ3v) is 4.28. The van der Waals surface area contributed by atoms with Gasteiger partial charge in [-0.15, -0.1) is 0 Å². The number of rotatable bonds is 7. The number of ether oxygens (including phenoxy) is 2. The summed E-state index contributed by atoms with van der Waals surface area (Å²) in [6.07, 6.45) is 0.978.